The molecule has 0 aliphatic heterocycles. The molecule has 3 heteroatoms. The molecule has 1 aliphatic rings. The normalized spacial score (nSPS) is 17.1. The van der Waals surface area contributed by atoms with Gasteiger partial charge in [-0.25, -0.2) is 4.98 Å². The standard InChI is InChI=1S/C15H21N3/c1-10(2)18-14-8-7-12(16)9-13(14)17-15(18)11-5-3-4-6-11/h7-11H,3-6,16H2,1-2H3. The molecule has 0 unspecified atom stereocenters. The van der Waals surface area contributed by atoms with E-state index in [1.807, 2.05) is 12.1 Å². The second kappa shape index (κ2) is 4.30. The molecular formula is C15H21N3. The van der Waals surface area contributed by atoms with Gasteiger partial charge in [-0.05, 0) is 44.9 Å². The number of fused-ring (bicyclic) bond motifs is 1. The fraction of sp³-hybridized carbons (Fsp3) is 0.533. The number of imidazole rings is 1. The summed E-state index contributed by atoms with van der Waals surface area (Å²) < 4.78 is 2.39. The van der Waals surface area contributed by atoms with Crippen molar-refractivity contribution in [2.75, 3.05) is 5.73 Å². The Balaban J connectivity index is 2.19. The van der Waals surface area contributed by atoms with Crippen LogP contribution in [-0.4, -0.2) is 9.55 Å². The first-order chi connectivity index (χ1) is 8.66. The predicted molar refractivity (Wildman–Crippen MR) is 75.7 cm³/mol. The molecule has 1 fully saturated rings. The van der Waals surface area contributed by atoms with E-state index in [9.17, 15) is 0 Å². The van der Waals surface area contributed by atoms with Crippen molar-refractivity contribution in [1.82, 2.24) is 9.55 Å². The second-order valence-electron chi connectivity index (χ2n) is 5.66. The first-order valence-corrected chi connectivity index (χ1v) is 6.94. The van der Waals surface area contributed by atoms with Crippen LogP contribution in [0.25, 0.3) is 11.0 Å². The average molecular weight is 243 g/mol. The molecule has 1 aliphatic carbocycles. The fourth-order valence-electron chi connectivity index (χ4n) is 3.15. The van der Waals surface area contributed by atoms with Crippen molar-refractivity contribution >= 4 is 16.7 Å². The van der Waals surface area contributed by atoms with Gasteiger partial charge in [0.15, 0.2) is 0 Å². The number of rotatable bonds is 2. The van der Waals surface area contributed by atoms with Gasteiger partial charge < -0.3 is 10.3 Å². The lowest BCUT2D eigenvalue weighted by molar-refractivity contribution is 0.540. The number of anilines is 1. The lowest BCUT2D eigenvalue weighted by atomic mass is 10.1. The van der Waals surface area contributed by atoms with Crippen LogP contribution in [-0.2, 0) is 0 Å². The van der Waals surface area contributed by atoms with E-state index in [0.717, 1.165) is 11.2 Å². The lowest BCUT2D eigenvalue weighted by Gasteiger charge is -2.16. The van der Waals surface area contributed by atoms with Crippen molar-refractivity contribution < 1.29 is 0 Å². The lowest BCUT2D eigenvalue weighted by Crippen LogP contribution is -2.09. The molecule has 0 amide bonds. The van der Waals surface area contributed by atoms with Gasteiger partial charge in [0, 0.05) is 17.6 Å². The third-order valence-corrected chi connectivity index (χ3v) is 3.98. The van der Waals surface area contributed by atoms with E-state index < -0.39 is 0 Å². The number of hydrogen-bond donors (Lipinski definition) is 1. The van der Waals surface area contributed by atoms with Crippen LogP contribution in [0.1, 0.15) is 57.3 Å². The summed E-state index contributed by atoms with van der Waals surface area (Å²) in [5.74, 6) is 1.91. The van der Waals surface area contributed by atoms with Crippen LogP contribution < -0.4 is 5.73 Å². The number of nitrogen functional groups attached to an aromatic ring is 1. The van der Waals surface area contributed by atoms with E-state index in [1.54, 1.807) is 0 Å². The molecule has 96 valence electrons. The van der Waals surface area contributed by atoms with Gasteiger partial charge in [0.05, 0.1) is 11.0 Å². The first kappa shape index (κ1) is 11.6. The average Bonchev–Trinajstić information content (AvgIpc) is 2.93. The summed E-state index contributed by atoms with van der Waals surface area (Å²) in [6, 6.07) is 6.53. The third-order valence-electron chi connectivity index (χ3n) is 3.98. The Morgan fingerprint density at radius 1 is 1.28 bits per heavy atom. The van der Waals surface area contributed by atoms with E-state index in [-0.39, 0.29) is 0 Å². The van der Waals surface area contributed by atoms with Crippen molar-refractivity contribution in [1.29, 1.82) is 0 Å². The topological polar surface area (TPSA) is 43.8 Å². The van der Waals surface area contributed by atoms with Crippen molar-refractivity contribution in [2.45, 2.75) is 51.5 Å². The maximum absolute atomic E-state index is 5.86. The SMILES string of the molecule is CC(C)n1c(C2CCCC2)nc2cc(N)ccc21. The van der Waals surface area contributed by atoms with Crippen LogP contribution >= 0.6 is 0 Å². The Hall–Kier alpha value is -1.51. The maximum Gasteiger partial charge on any atom is 0.113 e. The Bertz CT molecular complexity index is 562. The van der Waals surface area contributed by atoms with E-state index >= 15 is 0 Å². The minimum atomic E-state index is 0.453. The van der Waals surface area contributed by atoms with Gasteiger partial charge in [-0.15, -0.1) is 0 Å². The quantitative estimate of drug-likeness (QED) is 0.814. The van der Waals surface area contributed by atoms with Gasteiger partial charge in [0.1, 0.15) is 5.82 Å². The molecule has 0 radical (unpaired) electrons. The van der Waals surface area contributed by atoms with Crippen molar-refractivity contribution in [3.05, 3.63) is 24.0 Å². The van der Waals surface area contributed by atoms with Crippen LogP contribution in [0.15, 0.2) is 18.2 Å². The highest BCUT2D eigenvalue weighted by atomic mass is 15.1. The summed E-state index contributed by atoms with van der Waals surface area (Å²) in [4.78, 5) is 4.86. The third kappa shape index (κ3) is 1.78. The van der Waals surface area contributed by atoms with Crippen molar-refractivity contribution in [3.8, 4) is 0 Å². The monoisotopic (exact) mass is 243 g/mol. The Morgan fingerprint density at radius 2 is 2.00 bits per heavy atom. The van der Waals surface area contributed by atoms with Gasteiger partial charge >= 0.3 is 0 Å². The molecule has 2 aromatic rings. The predicted octanol–water partition coefficient (Wildman–Crippen LogP) is 3.86. The van der Waals surface area contributed by atoms with Crippen LogP contribution in [0, 0.1) is 0 Å². The number of nitrogens with two attached hydrogens (primary N) is 1. The van der Waals surface area contributed by atoms with Crippen LogP contribution in [0.3, 0.4) is 0 Å². The molecular weight excluding hydrogens is 222 g/mol. The summed E-state index contributed by atoms with van der Waals surface area (Å²) in [6.45, 7) is 4.46. The highest BCUT2D eigenvalue weighted by Crippen LogP contribution is 2.36. The van der Waals surface area contributed by atoms with Crippen molar-refractivity contribution in [3.63, 3.8) is 0 Å². The number of hydrogen-bond acceptors (Lipinski definition) is 2. The molecule has 1 aromatic carbocycles. The van der Waals surface area contributed by atoms with Gasteiger partial charge in [-0.1, -0.05) is 12.8 Å². The van der Waals surface area contributed by atoms with Crippen LogP contribution in [0.2, 0.25) is 0 Å². The Morgan fingerprint density at radius 3 is 2.67 bits per heavy atom. The summed E-state index contributed by atoms with van der Waals surface area (Å²) in [5.41, 5.74) is 8.93. The van der Waals surface area contributed by atoms with Gasteiger partial charge in [-0.3, -0.25) is 0 Å². The molecule has 0 bridgehead atoms. The highest BCUT2D eigenvalue weighted by molar-refractivity contribution is 5.80. The number of aromatic nitrogens is 2. The molecule has 2 N–H and O–H groups in total. The molecule has 18 heavy (non-hydrogen) atoms. The Labute approximate surface area is 108 Å². The summed E-state index contributed by atoms with van der Waals surface area (Å²) >= 11 is 0. The van der Waals surface area contributed by atoms with Crippen molar-refractivity contribution in [2.24, 2.45) is 0 Å². The minimum Gasteiger partial charge on any atom is -0.399 e. The first-order valence-electron chi connectivity index (χ1n) is 6.94. The van der Waals surface area contributed by atoms with E-state index in [1.165, 1.54) is 37.0 Å². The maximum atomic E-state index is 5.86. The van der Waals surface area contributed by atoms with E-state index in [0.29, 0.717) is 12.0 Å². The molecule has 1 heterocycles. The minimum absolute atomic E-state index is 0.453. The summed E-state index contributed by atoms with van der Waals surface area (Å²) in [7, 11) is 0. The molecule has 1 aromatic heterocycles. The number of nitrogens with zero attached hydrogens (tertiary/aromatic N) is 2. The summed E-state index contributed by atoms with van der Waals surface area (Å²) in [6.07, 6.45) is 5.25. The van der Waals surface area contributed by atoms with Crippen LogP contribution in [0.5, 0.6) is 0 Å². The fourth-order valence-corrected chi connectivity index (χ4v) is 3.15. The Kier molecular flexibility index (Phi) is 2.77. The highest BCUT2D eigenvalue weighted by Gasteiger charge is 2.24. The zero-order valence-electron chi connectivity index (χ0n) is 11.2. The molecule has 1 saturated carbocycles. The molecule has 3 rings (SSSR count). The summed E-state index contributed by atoms with van der Waals surface area (Å²) in [5, 5.41) is 0. The molecule has 0 atom stereocenters. The largest absolute Gasteiger partial charge is 0.399 e. The van der Waals surface area contributed by atoms with Gasteiger partial charge in [0.25, 0.3) is 0 Å². The molecule has 0 saturated heterocycles. The molecule has 0 spiro atoms. The second-order valence-corrected chi connectivity index (χ2v) is 5.66. The van der Waals surface area contributed by atoms with Crippen LogP contribution in [0.4, 0.5) is 5.69 Å². The zero-order chi connectivity index (χ0) is 12.7. The van der Waals surface area contributed by atoms with E-state index in [2.05, 4.69) is 24.5 Å². The molecule has 3 nitrogen and oxygen atoms in total. The van der Waals surface area contributed by atoms with Gasteiger partial charge in [0.2, 0.25) is 0 Å². The van der Waals surface area contributed by atoms with Gasteiger partial charge in [-0.2, -0.15) is 0 Å². The smallest absolute Gasteiger partial charge is 0.113 e. The van der Waals surface area contributed by atoms with E-state index in [4.69, 9.17) is 10.7 Å². The zero-order valence-corrected chi connectivity index (χ0v) is 11.2. The number of benzene rings is 1.